The zero-order chi connectivity index (χ0) is 14.9. The van der Waals surface area contributed by atoms with E-state index in [2.05, 4.69) is 9.80 Å². The lowest BCUT2D eigenvalue weighted by atomic mass is 9.96. The fraction of sp³-hybridized carbons (Fsp3) is 0.600. The molecule has 2 N–H and O–H groups in total. The van der Waals surface area contributed by atoms with E-state index in [4.69, 9.17) is 5.73 Å². The van der Waals surface area contributed by atoms with Gasteiger partial charge < -0.3 is 15.5 Å². The zero-order valence-electron chi connectivity index (χ0n) is 12.4. The van der Waals surface area contributed by atoms with Crippen LogP contribution in [0.1, 0.15) is 23.6 Å². The second-order valence-corrected chi connectivity index (χ2v) is 5.78. The number of hydrogen-bond acceptors (Lipinski definition) is 3. The van der Waals surface area contributed by atoms with Crippen molar-refractivity contribution in [3.63, 3.8) is 0 Å². The molecule has 1 heterocycles. The van der Waals surface area contributed by atoms with Crippen LogP contribution in [0.15, 0.2) is 12.1 Å². The number of nitrogens with zero attached hydrogens (tertiary/aromatic N) is 2. The van der Waals surface area contributed by atoms with Crippen molar-refractivity contribution in [2.75, 3.05) is 33.7 Å². The van der Waals surface area contributed by atoms with Crippen LogP contribution < -0.4 is 5.73 Å². The largest absolute Gasteiger partial charge is 0.322 e. The summed E-state index contributed by atoms with van der Waals surface area (Å²) in [6.07, 6.45) is 1.04. The molecule has 5 heteroatoms. The molecule has 0 saturated carbocycles. The number of rotatable bonds is 2. The maximum Gasteiger partial charge on any atom is 0.133 e. The van der Waals surface area contributed by atoms with Gasteiger partial charge in [0.1, 0.15) is 11.6 Å². The highest BCUT2D eigenvalue weighted by Crippen LogP contribution is 2.27. The Morgan fingerprint density at radius 3 is 2.65 bits per heavy atom. The summed E-state index contributed by atoms with van der Waals surface area (Å²) in [6.45, 7) is 4.21. The van der Waals surface area contributed by atoms with Gasteiger partial charge in [0.25, 0.3) is 0 Å². The molecule has 1 aromatic rings. The number of likely N-dealkylation sites (N-methyl/N-ethyl adjacent to an activating group) is 2. The van der Waals surface area contributed by atoms with Crippen LogP contribution in [0.4, 0.5) is 8.78 Å². The molecule has 1 fully saturated rings. The summed E-state index contributed by atoms with van der Waals surface area (Å²) >= 11 is 0. The van der Waals surface area contributed by atoms with E-state index in [-0.39, 0.29) is 11.6 Å². The van der Waals surface area contributed by atoms with Crippen LogP contribution in [0.2, 0.25) is 0 Å². The highest BCUT2D eigenvalue weighted by atomic mass is 19.1. The minimum atomic E-state index is -0.666. The third-order valence-corrected chi connectivity index (χ3v) is 4.18. The van der Waals surface area contributed by atoms with Gasteiger partial charge in [0, 0.05) is 18.2 Å². The van der Waals surface area contributed by atoms with Gasteiger partial charge >= 0.3 is 0 Å². The van der Waals surface area contributed by atoms with E-state index in [1.807, 2.05) is 14.1 Å². The van der Waals surface area contributed by atoms with E-state index in [0.29, 0.717) is 12.1 Å². The summed E-state index contributed by atoms with van der Waals surface area (Å²) < 4.78 is 28.3. The molecule has 3 nitrogen and oxygen atoms in total. The Labute approximate surface area is 119 Å². The molecule has 2 atom stereocenters. The fourth-order valence-corrected chi connectivity index (χ4v) is 2.87. The molecular formula is C15H23F2N3. The fourth-order valence-electron chi connectivity index (χ4n) is 2.87. The Balaban J connectivity index is 2.34. The molecule has 0 aromatic heterocycles. The van der Waals surface area contributed by atoms with Crippen molar-refractivity contribution in [2.45, 2.75) is 25.4 Å². The van der Waals surface area contributed by atoms with Crippen LogP contribution in [0.5, 0.6) is 0 Å². The molecule has 2 rings (SSSR count). The molecule has 0 radical (unpaired) electrons. The molecule has 2 unspecified atom stereocenters. The van der Waals surface area contributed by atoms with Crippen LogP contribution in [-0.2, 0) is 0 Å². The smallest absolute Gasteiger partial charge is 0.133 e. The van der Waals surface area contributed by atoms with Gasteiger partial charge in [0.2, 0.25) is 0 Å². The summed E-state index contributed by atoms with van der Waals surface area (Å²) in [5.41, 5.74) is 6.66. The zero-order valence-corrected chi connectivity index (χ0v) is 12.4. The van der Waals surface area contributed by atoms with Gasteiger partial charge in [-0.3, -0.25) is 0 Å². The lowest BCUT2D eigenvalue weighted by molar-refractivity contribution is 0.192. The Morgan fingerprint density at radius 2 is 1.95 bits per heavy atom. The van der Waals surface area contributed by atoms with Crippen molar-refractivity contribution in [2.24, 2.45) is 5.73 Å². The van der Waals surface area contributed by atoms with Crippen LogP contribution in [0.25, 0.3) is 0 Å². The summed E-state index contributed by atoms with van der Waals surface area (Å²) in [5.74, 6) is -1.07. The molecule has 0 aliphatic carbocycles. The first kappa shape index (κ1) is 15.4. The van der Waals surface area contributed by atoms with E-state index < -0.39 is 17.7 Å². The molecule has 1 aliphatic heterocycles. The lowest BCUT2D eigenvalue weighted by Crippen LogP contribution is -2.45. The molecule has 0 amide bonds. The summed E-state index contributed by atoms with van der Waals surface area (Å²) in [7, 11) is 3.98. The number of nitrogens with two attached hydrogens (primary N) is 1. The molecule has 1 saturated heterocycles. The Kier molecular flexibility index (Phi) is 4.73. The maximum absolute atomic E-state index is 14.2. The molecule has 1 aliphatic rings. The van der Waals surface area contributed by atoms with E-state index in [9.17, 15) is 8.78 Å². The predicted molar refractivity (Wildman–Crippen MR) is 76.6 cm³/mol. The van der Waals surface area contributed by atoms with Gasteiger partial charge in [-0.2, -0.15) is 0 Å². The van der Waals surface area contributed by atoms with E-state index in [0.717, 1.165) is 19.5 Å². The predicted octanol–water partition coefficient (Wildman–Crippen LogP) is 1.91. The SMILES string of the molecule is Cc1ccc(F)c(C(N)C2CN(C)CCCN2C)c1F. The van der Waals surface area contributed by atoms with Crippen LogP contribution in [0.3, 0.4) is 0 Å². The standard InChI is InChI=1S/C15H23F2N3/c1-10-5-6-11(16)13(14(10)17)15(18)12-9-19(2)7-4-8-20(12)3/h5-6,12,15H,4,7-9,18H2,1-3H3. The van der Waals surface area contributed by atoms with Crippen molar-refractivity contribution in [3.8, 4) is 0 Å². The lowest BCUT2D eigenvalue weighted by Gasteiger charge is -2.33. The molecule has 0 spiro atoms. The second kappa shape index (κ2) is 6.16. The summed E-state index contributed by atoms with van der Waals surface area (Å²) in [5, 5.41) is 0. The first-order valence-electron chi connectivity index (χ1n) is 7.00. The molecular weight excluding hydrogens is 260 g/mol. The molecule has 112 valence electrons. The minimum absolute atomic E-state index is 0.0113. The third-order valence-electron chi connectivity index (χ3n) is 4.18. The van der Waals surface area contributed by atoms with Gasteiger partial charge in [-0.15, -0.1) is 0 Å². The van der Waals surface area contributed by atoms with Gasteiger partial charge in [-0.1, -0.05) is 6.07 Å². The first-order valence-corrected chi connectivity index (χ1v) is 7.00. The van der Waals surface area contributed by atoms with E-state index >= 15 is 0 Å². The van der Waals surface area contributed by atoms with E-state index in [1.165, 1.54) is 12.1 Å². The Bertz CT molecular complexity index is 478. The Morgan fingerprint density at radius 1 is 1.25 bits per heavy atom. The van der Waals surface area contributed by atoms with Gasteiger partial charge in [0.15, 0.2) is 0 Å². The van der Waals surface area contributed by atoms with Crippen LogP contribution >= 0.6 is 0 Å². The van der Waals surface area contributed by atoms with Crippen molar-refractivity contribution < 1.29 is 8.78 Å². The van der Waals surface area contributed by atoms with E-state index in [1.54, 1.807) is 6.92 Å². The van der Waals surface area contributed by atoms with Crippen LogP contribution in [0, 0.1) is 18.6 Å². The summed E-state index contributed by atoms with van der Waals surface area (Å²) in [4.78, 5) is 4.27. The molecule has 1 aromatic carbocycles. The average Bonchev–Trinajstić information content (AvgIpc) is 2.56. The average molecular weight is 283 g/mol. The monoisotopic (exact) mass is 283 g/mol. The highest BCUT2D eigenvalue weighted by molar-refractivity contribution is 5.30. The first-order chi connectivity index (χ1) is 9.41. The van der Waals surface area contributed by atoms with Gasteiger partial charge in [-0.25, -0.2) is 8.78 Å². The maximum atomic E-state index is 14.2. The second-order valence-electron chi connectivity index (χ2n) is 5.78. The van der Waals surface area contributed by atoms with Crippen molar-refractivity contribution in [1.82, 2.24) is 9.80 Å². The normalized spacial score (nSPS) is 23.6. The van der Waals surface area contributed by atoms with Crippen molar-refractivity contribution >= 4 is 0 Å². The van der Waals surface area contributed by atoms with Crippen LogP contribution in [-0.4, -0.2) is 49.6 Å². The van der Waals surface area contributed by atoms with Crippen molar-refractivity contribution in [1.29, 1.82) is 0 Å². The molecule has 0 bridgehead atoms. The number of halogens is 2. The van der Waals surface area contributed by atoms with Gasteiger partial charge in [-0.05, 0) is 52.2 Å². The Hall–Kier alpha value is -1.04. The number of hydrogen-bond donors (Lipinski definition) is 1. The quantitative estimate of drug-likeness (QED) is 0.900. The molecule has 20 heavy (non-hydrogen) atoms. The number of aryl methyl sites for hydroxylation is 1. The van der Waals surface area contributed by atoms with Crippen molar-refractivity contribution in [3.05, 3.63) is 34.9 Å². The number of benzene rings is 1. The minimum Gasteiger partial charge on any atom is -0.322 e. The third kappa shape index (κ3) is 3.00. The highest BCUT2D eigenvalue weighted by Gasteiger charge is 2.31. The summed E-state index contributed by atoms with van der Waals surface area (Å²) in [6, 6.07) is 1.99. The van der Waals surface area contributed by atoms with Gasteiger partial charge in [0.05, 0.1) is 6.04 Å². The topological polar surface area (TPSA) is 32.5 Å².